The molecule has 0 bridgehead atoms. The predicted octanol–water partition coefficient (Wildman–Crippen LogP) is 6.69. The summed E-state index contributed by atoms with van der Waals surface area (Å²) < 4.78 is 0. The second-order valence-corrected chi connectivity index (χ2v) is 7.19. The van der Waals surface area contributed by atoms with E-state index < -0.39 is 0 Å². The molecule has 0 heterocycles. The molecule has 0 saturated carbocycles. The molecule has 0 heteroatoms. The van der Waals surface area contributed by atoms with Crippen LogP contribution in [-0.4, -0.2) is 0 Å². The molecule has 0 aliphatic heterocycles. The summed E-state index contributed by atoms with van der Waals surface area (Å²) in [5.74, 6) is 3.66. The Bertz CT molecular complexity index is 169. The number of hydrogen-bond donors (Lipinski definition) is 0. The van der Waals surface area contributed by atoms with Crippen LogP contribution in [-0.2, 0) is 0 Å². The topological polar surface area (TPSA) is 0 Å². The van der Waals surface area contributed by atoms with Crippen LogP contribution in [0.2, 0.25) is 0 Å². The standard InChI is InChI=1S/C18H38/c1-7-11-18(14-16(4)5)17(6)13-10-8-9-12-15(2)3/h15-18H,7-14H2,1-6H3. The summed E-state index contributed by atoms with van der Waals surface area (Å²) in [6.45, 7) is 14.2. The van der Waals surface area contributed by atoms with E-state index in [4.69, 9.17) is 0 Å². The molecule has 0 amide bonds. The van der Waals surface area contributed by atoms with Crippen LogP contribution in [0, 0.1) is 23.7 Å². The summed E-state index contributed by atoms with van der Waals surface area (Å²) in [6, 6.07) is 0. The van der Waals surface area contributed by atoms with Crippen molar-refractivity contribution in [1.82, 2.24) is 0 Å². The van der Waals surface area contributed by atoms with Gasteiger partial charge in [0.15, 0.2) is 0 Å². The van der Waals surface area contributed by atoms with Crippen LogP contribution in [0.5, 0.6) is 0 Å². The normalized spacial score (nSPS) is 15.3. The number of unbranched alkanes of at least 4 members (excludes halogenated alkanes) is 2. The van der Waals surface area contributed by atoms with Crippen molar-refractivity contribution < 1.29 is 0 Å². The Morgan fingerprint density at radius 3 is 1.78 bits per heavy atom. The summed E-state index contributed by atoms with van der Waals surface area (Å²) in [7, 11) is 0. The van der Waals surface area contributed by atoms with Crippen LogP contribution in [0.4, 0.5) is 0 Å². The first-order valence-corrected chi connectivity index (χ1v) is 8.47. The lowest BCUT2D eigenvalue weighted by molar-refractivity contribution is 0.260. The van der Waals surface area contributed by atoms with Gasteiger partial charge in [-0.3, -0.25) is 0 Å². The molecule has 0 saturated heterocycles. The number of rotatable bonds is 11. The van der Waals surface area contributed by atoms with Gasteiger partial charge >= 0.3 is 0 Å². The lowest BCUT2D eigenvalue weighted by Gasteiger charge is -2.25. The molecule has 0 aromatic heterocycles. The smallest absolute Gasteiger partial charge is 0.0386 e. The van der Waals surface area contributed by atoms with E-state index in [-0.39, 0.29) is 0 Å². The average molecular weight is 255 g/mol. The molecule has 0 aromatic carbocycles. The van der Waals surface area contributed by atoms with Crippen LogP contribution in [0.3, 0.4) is 0 Å². The molecular formula is C18H38. The van der Waals surface area contributed by atoms with Crippen molar-refractivity contribution in [2.24, 2.45) is 23.7 Å². The Morgan fingerprint density at radius 1 is 0.667 bits per heavy atom. The van der Waals surface area contributed by atoms with Crippen molar-refractivity contribution in [1.29, 1.82) is 0 Å². The molecule has 0 rings (SSSR count). The fourth-order valence-electron chi connectivity index (χ4n) is 3.04. The second kappa shape index (κ2) is 10.9. The molecule has 0 aliphatic rings. The monoisotopic (exact) mass is 254 g/mol. The van der Waals surface area contributed by atoms with Gasteiger partial charge in [-0.15, -0.1) is 0 Å². The van der Waals surface area contributed by atoms with Crippen LogP contribution >= 0.6 is 0 Å². The maximum atomic E-state index is 2.49. The Hall–Kier alpha value is 0. The third-order valence-electron chi connectivity index (χ3n) is 4.18. The van der Waals surface area contributed by atoms with Gasteiger partial charge in [-0.1, -0.05) is 86.5 Å². The Kier molecular flexibility index (Phi) is 10.9. The van der Waals surface area contributed by atoms with Gasteiger partial charge in [0.25, 0.3) is 0 Å². The van der Waals surface area contributed by atoms with Gasteiger partial charge in [-0.05, 0) is 30.1 Å². The van der Waals surface area contributed by atoms with Crippen molar-refractivity contribution in [2.45, 2.75) is 92.9 Å². The Morgan fingerprint density at radius 2 is 1.28 bits per heavy atom. The summed E-state index contributed by atoms with van der Waals surface area (Å²) >= 11 is 0. The van der Waals surface area contributed by atoms with Gasteiger partial charge in [-0.25, -0.2) is 0 Å². The van der Waals surface area contributed by atoms with Gasteiger partial charge < -0.3 is 0 Å². The van der Waals surface area contributed by atoms with E-state index in [1.54, 1.807) is 0 Å². The summed E-state index contributed by atoms with van der Waals surface area (Å²) in [4.78, 5) is 0. The van der Waals surface area contributed by atoms with E-state index in [2.05, 4.69) is 41.5 Å². The molecule has 0 N–H and O–H groups in total. The Balaban J connectivity index is 3.77. The summed E-state index contributed by atoms with van der Waals surface area (Å²) in [5.41, 5.74) is 0. The minimum atomic E-state index is 0.866. The predicted molar refractivity (Wildman–Crippen MR) is 84.9 cm³/mol. The van der Waals surface area contributed by atoms with E-state index in [1.807, 2.05) is 0 Å². The quantitative estimate of drug-likeness (QED) is 0.360. The molecule has 110 valence electrons. The summed E-state index contributed by atoms with van der Waals surface area (Å²) in [6.07, 6.45) is 11.4. The van der Waals surface area contributed by atoms with Gasteiger partial charge in [0.05, 0.1) is 0 Å². The largest absolute Gasteiger partial charge is 0.0654 e. The van der Waals surface area contributed by atoms with Crippen molar-refractivity contribution in [2.75, 3.05) is 0 Å². The fourth-order valence-corrected chi connectivity index (χ4v) is 3.04. The minimum Gasteiger partial charge on any atom is -0.0654 e. The van der Waals surface area contributed by atoms with Crippen LogP contribution in [0.15, 0.2) is 0 Å². The summed E-state index contributed by atoms with van der Waals surface area (Å²) in [5, 5.41) is 0. The van der Waals surface area contributed by atoms with E-state index in [9.17, 15) is 0 Å². The maximum Gasteiger partial charge on any atom is -0.0386 e. The zero-order valence-electron chi connectivity index (χ0n) is 14.0. The van der Waals surface area contributed by atoms with E-state index in [1.165, 1.54) is 51.4 Å². The van der Waals surface area contributed by atoms with Gasteiger partial charge in [0.1, 0.15) is 0 Å². The first-order chi connectivity index (χ1) is 8.47. The molecule has 0 nitrogen and oxygen atoms in total. The van der Waals surface area contributed by atoms with Gasteiger partial charge in [0, 0.05) is 0 Å². The SMILES string of the molecule is CCCC(CC(C)C)C(C)CCCCCC(C)C. The average Bonchev–Trinajstić information content (AvgIpc) is 2.26. The first-order valence-electron chi connectivity index (χ1n) is 8.47. The van der Waals surface area contributed by atoms with Crippen molar-refractivity contribution in [3.05, 3.63) is 0 Å². The highest BCUT2D eigenvalue weighted by molar-refractivity contribution is 4.68. The first kappa shape index (κ1) is 18.0. The third kappa shape index (κ3) is 9.97. The lowest BCUT2D eigenvalue weighted by atomic mass is 9.81. The zero-order chi connectivity index (χ0) is 14.0. The van der Waals surface area contributed by atoms with Gasteiger partial charge in [0.2, 0.25) is 0 Å². The molecule has 0 fully saturated rings. The second-order valence-electron chi connectivity index (χ2n) is 7.19. The number of hydrogen-bond acceptors (Lipinski definition) is 0. The molecule has 18 heavy (non-hydrogen) atoms. The van der Waals surface area contributed by atoms with Crippen molar-refractivity contribution in [3.63, 3.8) is 0 Å². The van der Waals surface area contributed by atoms with Crippen LogP contribution in [0.1, 0.15) is 92.9 Å². The maximum absolute atomic E-state index is 2.49. The van der Waals surface area contributed by atoms with E-state index in [0.29, 0.717) is 0 Å². The molecule has 0 radical (unpaired) electrons. The Labute approximate surface area is 117 Å². The lowest BCUT2D eigenvalue weighted by Crippen LogP contribution is -2.14. The molecule has 2 atom stereocenters. The van der Waals surface area contributed by atoms with Gasteiger partial charge in [-0.2, -0.15) is 0 Å². The molecule has 0 spiro atoms. The fraction of sp³-hybridized carbons (Fsp3) is 1.00. The molecular weight excluding hydrogens is 216 g/mol. The van der Waals surface area contributed by atoms with Crippen LogP contribution < -0.4 is 0 Å². The van der Waals surface area contributed by atoms with E-state index >= 15 is 0 Å². The molecule has 0 aliphatic carbocycles. The zero-order valence-corrected chi connectivity index (χ0v) is 14.0. The van der Waals surface area contributed by atoms with E-state index in [0.717, 1.165) is 23.7 Å². The minimum absolute atomic E-state index is 0.866. The van der Waals surface area contributed by atoms with Crippen LogP contribution in [0.25, 0.3) is 0 Å². The highest BCUT2D eigenvalue weighted by Crippen LogP contribution is 2.29. The third-order valence-corrected chi connectivity index (χ3v) is 4.18. The van der Waals surface area contributed by atoms with Crippen molar-refractivity contribution >= 4 is 0 Å². The highest BCUT2D eigenvalue weighted by atomic mass is 14.2. The highest BCUT2D eigenvalue weighted by Gasteiger charge is 2.17. The van der Waals surface area contributed by atoms with Crippen molar-refractivity contribution in [3.8, 4) is 0 Å². The molecule has 2 unspecified atom stereocenters. The molecule has 0 aromatic rings.